The Balaban J connectivity index is 2.02. The van der Waals surface area contributed by atoms with Crippen molar-refractivity contribution in [2.75, 3.05) is 0 Å². The van der Waals surface area contributed by atoms with Crippen molar-refractivity contribution in [3.05, 3.63) is 41.9 Å². The highest BCUT2D eigenvalue weighted by Gasteiger charge is 2.16. The molecule has 0 aliphatic heterocycles. The number of hydrogen-bond donors (Lipinski definition) is 0. The van der Waals surface area contributed by atoms with Crippen LogP contribution in [0.5, 0.6) is 0 Å². The third kappa shape index (κ3) is 2.29. The van der Waals surface area contributed by atoms with Crippen LogP contribution in [-0.4, -0.2) is 15.2 Å². The largest absolute Gasteiger partial charge is 0.420 e. The van der Waals surface area contributed by atoms with Gasteiger partial charge in [-0.3, -0.25) is 0 Å². The molecule has 5 heteroatoms. The van der Waals surface area contributed by atoms with E-state index in [0.717, 1.165) is 27.6 Å². The zero-order chi connectivity index (χ0) is 13.2. The van der Waals surface area contributed by atoms with Crippen LogP contribution in [0.25, 0.3) is 21.3 Å². The van der Waals surface area contributed by atoms with E-state index in [0.29, 0.717) is 11.8 Å². The van der Waals surface area contributed by atoms with Gasteiger partial charge in [-0.2, -0.15) is 0 Å². The first-order chi connectivity index (χ1) is 9.28. The van der Waals surface area contributed by atoms with Gasteiger partial charge in [0.25, 0.3) is 5.89 Å². The predicted molar refractivity (Wildman–Crippen MR) is 75.0 cm³/mol. The summed E-state index contributed by atoms with van der Waals surface area (Å²) in [6.07, 6.45) is 0.746. The standard InChI is InChI=1S/C14H13N3OS/c1-3-11-16-17-13(18-11)12-9(2)15-14(19-12)10-7-5-4-6-8-10/h4-8H,3H2,1-2H3. The van der Waals surface area contributed by atoms with Gasteiger partial charge in [0.15, 0.2) is 0 Å². The number of hydrogen-bond acceptors (Lipinski definition) is 5. The zero-order valence-corrected chi connectivity index (χ0v) is 11.6. The maximum absolute atomic E-state index is 5.60. The summed E-state index contributed by atoms with van der Waals surface area (Å²) in [5, 5.41) is 9.05. The number of thiazole rings is 1. The first kappa shape index (κ1) is 12.0. The van der Waals surface area contributed by atoms with Gasteiger partial charge in [0.2, 0.25) is 5.89 Å². The minimum atomic E-state index is 0.564. The Morgan fingerprint density at radius 3 is 2.63 bits per heavy atom. The molecule has 0 atom stereocenters. The molecule has 3 rings (SSSR count). The molecule has 2 heterocycles. The fourth-order valence-corrected chi connectivity index (χ4v) is 2.78. The lowest BCUT2D eigenvalue weighted by atomic mass is 10.2. The number of benzene rings is 1. The van der Waals surface area contributed by atoms with Crippen LogP contribution in [0.1, 0.15) is 18.5 Å². The van der Waals surface area contributed by atoms with Gasteiger partial charge in [0, 0.05) is 12.0 Å². The number of rotatable bonds is 3. The van der Waals surface area contributed by atoms with Crippen LogP contribution in [0, 0.1) is 6.92 Å². The number of nitrogens with zero attached hydrogens (tertiary/aromatic N) is 3. The van der Waals surface area contributed by atoms with Gasteiger partial charge in [-0.1, -0.05) is 37.3 Å². The van der Waals surface area contributed by atoms with E-state index in [1.807, 2.05) is 44.2 Å². The molecule has 3 aromatic rings. The topological polar surface area (TPSA) is 51.8 Å². The highest BCUT2D eigenvalue weighted by atomic mass is 32.1. The Morgan fingerprint density at radius 2 is 1.95 bits per heavy atom. The molecule has 1 aromatic carbocycles. The van der Waals surface area contributed by atoms with Crippen LogP contribution >= 0.6 is 11.3 Å². The van der Waals surface area contributed by atoms with Crippen molar-refractivity contribution in [1.82, 2.24) is 15.2 Å². The zero-order valence-electron chi connectivity index (χ0n) is 10.8. The molecule has 0 amide bonds. The third-order valence-electron chi connectivity index (χ3n) is 2.78. The Bertz CT molecular complexity index is 688. The molecule has 0 saturated carbocycles. The SMILES string of the molecule is CCc1nnc(-c2sc(-c3ccccc3)nc2C)o1. The molecule has 2 aromatic heterocycles. The summed E-state index contributed by atoms with van der Waals surface area (Å²) in [4.78, 5) is 5.53. The van der Waals surface area contributed by atoms with Crippen molar-refractivity contribution in [2.24, 2.45) is 0 Å². The van der Waals surface area contributed by atoms with E-state index < -0.39 is 0 Å². The molecular weight excluding hydrogens is 258 g/mol. The summed E-state index contributed by atoms with van der Waals surface area (Å²) in [5.41, 5.74) is 2.03. The van der Waals surface area contributed by atoms with Gasteiger partial charge < -0.3 is 4.42 Å². The smallest absolute Gasteiger partial charge is 0.259 e. The van der Waals surface area contributed by atoms with E-state index in [4.69, 9.17) is 4.42 Å². The van der Waals surface area contributed by atoms with Crippen molar-refractivity contribution in [1.29, 1.82) is 0 Å². The second-order valence-corrected chi connectivity index (χ2v) is 5.15. The van der Waals surface area contributed by atoms with Crippen LogP contribution in [0.2, 0.25) is 0 Å². The van der Waals surface area contributed by atoms with E-state index in [1.165, 1.54) is 0 Å². The molecule has 0 aliphatic rings. The molecule has 0 unspecified atom stereocenters. The van der Waals surface area contributed by atoms with Gasteiger partial charge in [0.05, 0.1) is 5.69 Å². The van der Waals surface area contributed by atoms with Crippen LogP contribution < -0.4 is 0 Å². The quantitative estimate of drug-likeness (QED) is 0.728. The van der Waals surface area contributed by atoms with Crippen LogP contribution in [0.15, 0.2) is 34.7 Å². The average Bonchev–Trinajstić information content (AvgIpc) is 3.06. The first-order valence-electron chi connectivity index (χ1n) is 6.13. The lowest BCUT2D eigenvalue weighted by Crippen LogP contribution is -1.78. The molecule has 96 valence electrons. The van der Waals surface area contributed by atoms with Gasteiger partial charge >= 0.3 is 0 Å². The fourth-order valence-electron chi connectivity index (χ4n) is 1.79. The van der Waals surface area contributed by atoms with Crippen LogP contribution in [-0.2, 0) is 6.42 Å². The molecule has 0 saturated heterocycles. The van der Waals surface area contributed by atoms with Gasteiger partial charge in [0.1, 0.15) is 9.88 Å². The molecule has 19 heavy (non-hydrogen) atoms. The van der Waals surface area contributed by atoms with Gasteiger partial charge in [-0.15, -0.1) is 21.5 Å². The molecule has 4 nitrogen and oxygen atoms in total. The minimum absolute atomic E-state index is 0.564. The minimum Gasteiger partial charge on any atom is -0.420 e. The van der Waals surface area contributed by atoms with Crippen molar-refractivity contribution in [3.8, 4) is 21.3 Å². The van der Waals surface area contributed by atoms with Crippen LogP contribution in [0.4, 0.5) is 0 Å². The molecule has 0 N–H and O–H groups in total. The lowest BCUT2D eigenvalue weighted by molar-refractivity contribution is 0.513. The molecule has 0 radical (unpaired) electrons. The highest BCUT2D eigenvalue weighted by molar-refractivity contribution is 7.18. The average molecular weight is 271 g/mol. The summed E-state index contributed by atoms with van der Waals surface area (Å²) in [6.45, 7) is 3.96. The first-order valence-corrected chi connectivity index (χ1v) is 6.95. The Hall–Kier alpha value is -2.01. The molecule has 0 fully saturated rings. The van der Waals surface area contributed by atoms with E-state index in [9.17, 15) is 0 Å². The predicted octanol–water partition coefficient (Wildman–Crippen LogP) is 3.73. The van der Waals surface area contributed by atoms with Crippen molar-refractivity contribution in [3.63, 3.8) is 0 Å². The van der Waals surface area contributed by atoms with Gasteiger partial charge in [-0.05, 0) is 6.92 Å². The van der Waals surface area contributed by atoms with Crippen LogP contribution in [0.3, 0.4) is 0 Å². The fraction of sp³-hybridized carbons (Fsp3) is 0.214. The van der Waals surface area contributed by atoms with E-state index in [1.54, 1.807) is 11.3 Å². The maximum atomic E-state index is 5.60. The number of aromatic nitrogens is 3. The summed E-state index contributed by atoms with van der Waals surface area (Å²) in [7, 11) is 0. The van der Waals surface area contributed by atoms with Crippen molar-refractivity contribution in [2.45, 2.75) is 20.3 Å². The molecule has 0 bridgehead atoms. The monoisotopic (exact) mass is 271 g/mol. The molecule has 0 spiro atoms. The lowest BCUT2D eigenvalue weighted by Gasteiger charge is -1.92. The Labute approximate surface area is 115 Å². The number of aryl methyl sites for hydroxylation is 2. The van der Waals surface area contributed by atoms with E-state index in [2.05, 4.69) is 15.2 Å². The highest BCUT2D eigenvalue weighted by Crippen LogP contribution is 2.34. The summed E-state index contributed by atoms with van der Waals surface area (Å²) >= 11 is 1.58. The summed E-state index contributed by atoms with van der Waals surface area (Å²) < 4.78 is 5.60. The Morgan fingerprint density at radius 1 is 1.16 bits per heavy atom. The third-order valence-corrected chi connectivity index (χ3v) is 3.98. The maximum Gasteiger partial charge on any atom is 0.259 e. The summed E-state index contributed by atoms with van der Waals surface area (Å²) in [6, 6.07) is 10.1. The second kappa shape index (κ2) is 4.93. The van der Waals surface area contributed by atoms with Crippen molar-refractivity contribution < 1.29 is 4.42 Å². The summed E-state index contributed by atoms with van der Waals surface area (Å²) in [5.74, 6) is 1.22. The normalized spacial score (nSPS) is 10.8. The Kier molecular flexibility index (Phi) is 3.13. The molecule has 0 aliphatic carbocycles. The second-order valence-electron chi connectivity index (χ2n) is 4.15. The van der Waals surface area contributed by atoms with E-state index in [-0.39, 0.29) is 0 Å². The van der Waals surface area contributed by atoms with Crippen molar-refractivity contribution >= 4 is 11.3 Å². The van der Waals surface area contributed by atoms with E-state index >= 15 is 0 Å². The van der Waals surface area contributed by atoms with Gasteiger partial charge in [-0.25, -0.2) is 4.98 Å². The molecular formula is C14H13N3OS.